The maximum absolute atomic E-state index is 14.1. The van der Waals surface area contributed by atoms with E-state index in [-0.39, 0.29) is 23.5 Å². The first-order valence-corrected chi connectivity index (χ1v) is 14.0. The number of halogens is 7. The van der Waals surface area contributed by atoms with Gasteiger partial charge in [0, 0.05) is 23.2 Å². The SMILES string of the molecule is Cc1cc(F)ccc1-c1cc(C2CCC(C(C)(C)C(=O)O)CC2)ncc1C(C)(C)c1cc(C(F)(F)F)cc(C(F)(F)F)c1. The average Bonchev–Trinajstić information content (AvgIpc) is 2.91. The largest absolute Gasteiger partial charge is 0.481 e. The zero-order valence-electron chi connectivity index (χ0n) is 24.6. The highest BCUT2D eigenvalue weighted by Crippen LogP contribution is 2.47. The number of carboxylic acids is 1. The third kappa shape index (κ3) is 6.58. The van der Waals surface area contributed by atoms with E-state index in [1.54, 1.807) is 46.8 Å². The second-order valence-corrected chi connectivity index (χ2v) is 12.6. The fraction of sp³-hybridized carbons (Fsp3) is 0.455. The number of carbonyl (C=O) groups is 1. The van der Waals surface area contributed by atoms with E-state index in [2.05, 4.69) is 4.98 Å². The first kappa shape index (κ1) is 32.5. The molecule has 43 heavy (non-hydrogen) atoms. The molecule has 3 aromatic rings. The molecule has 1 heterocycles. The van der Waals surface area contributed by atoms with Crippen molar-refractivity contribution in [1.82, 2.24) is 4.98 Å². The van der Waals surface area contributed by atoms with Crippen molar-refractivity contribution in [3.05, 3.63) is 88.0 Å². The first-order valence-electron chi connectivity index (χ1n) is 14.0. The van der Waals surface area contributed by atoms with Crippen LogP contribution in [0.5, 0.6) is 0 Å². The van der Waals surface area contributed by atoms with Crippen molar-refractivity contribution in [1.29, 1.82) is 0 Å². The number of carboxylic acid groups (broad SMARTS) is 1. The normalized spacial score (nSPS) is 18.5. The Hall–Kier alpha value is -3.43. The van der Waals surface area contributed by atoms with Gasteiger partial charge in [-0.2, -0.15) is 26.3 Å². The van der Waals surface area contributed by atoms with Gasteiger partial charge in [0.05, 0.1) is 16.5 Å². The van der Waals surface area contributed by atoms with E-state index in [9.17, 15) is 40.6 Å². The molecule has 0 unspecified atom stereocenters. The number of alkyl halides is 6. The van der Waals surface area contributed by atoms with Crippen LogP contribution in [-0.2, 0) is 22.6 Å². The van der Waals surface area contributed by atoms with Crippen LogP contribution in [0.15, 0.2) is 48.7 Å². The minimum atomic E-state index is -5.00. The van der Waals surface area contributed by atoms with Crippen molar-refractivity contribution < 1.29 is 40.6 Å². The van der Waals surface area contributed by atoms with Crippen molar-refractivity contribution in [3.8, 4) is 11.1 Å². The Morgan fingerprint density at radius 1 is 0.791 bits per heavy atom. The Labute approximate surface area is 246 Å². The van der Waals surface area contributed by atoms with Crippen molar-refractivity contribution >= 4 is 5.97 Å². The van der Waals surface area contributed by atoms with E-state index >= 15 is 0 Å². The van der Waals surface area contributed by atoms with Gasteiger partial charge in [0.2, 0.25) is 0 Å². The highest BCUT2D eigenvalue weighted by molar-refractivity contribution is 5.74. The van der Waals surface area contributed by atoms with Crippen LogP contribution in [-0.4, -0.2) is 16.1 Å². The highest BCUT2D eigenvalue weighted by atomic mass is 19.4. The third-order valence-corrected chi connectivity index (χ3v) is 9.10. The standard InChI is InChI=1S/C33H34F7NO2/c1-18-12-24(34)10-11-25(18)26-16-28(19-6-8-20(9-7-19)31(4,5)29(42)43)41-17-27(26)30(2,3)21-13-22(32(35,36)37)15-23(14-21)33(38,39)40/h10-17,19-20H,6-9H2,1-5H3,(H,42,43). The summed E-state index contributed by atoms with van der Waals surface area (Å²) in [7, 11) is 0. The topological polar surface area (TPSA) is 50.2 Å². The lowest BCUT2D eigenvalue weighted by Crippen LogP contribution is -2.35. The van der Waals surface area contributed by atoms with Gasteiger partial charge < -0.3 is 5.11 Å². The highest BCUT2D eigenvalue weighted by Gasteiger charge is 2.41. The van der Waals surface area contributed by atoms with Crippen molar-refractivity contribution in [2.24, 2.45) is 11.3 Å². The molecule has 3 nitrogen and oxygen atoms in total. The van der Waals surface area contributed by atoms with E-state index in [0.717, 1.165) is 12.1 Å². The first-order chi connectivity index (χ1) is 19.7. The third-order valence-electron chi connectivity index (χ3n) is 9.10. The lowest BCUT2D eigenvalue weighted by atomic mass is 9.68. The molecule has 0 atom stereocenters. The van der Waals surface area contributed by atoms with Gasteiger partial charge in [-0.1, -0.05) is 19.9 Å². The van der Waals surface area contributed by atoms with Crippen molar-refractivity contribution in [2.45, 2.75) is 84.0 Å². The summed E-state index contributed by atoms with van der Waals surface area (Å²) in [6.45, 7) is 8.19. The molecular weight excluding hydrogens is 575 g/mol. The van der Waals surface area contributed by atoms with E-state index in [4.69, 9.17) is 0 Å². The lowest BCUT2D eigenvalue weighted by molar-refractivity contribution is -0.151. The van der Waals surface area contributed by atoms with Gasteiger partial charge in [0.25, 0.3) is 0 Å². The molecule has 1 saturated carbocycles. The van der Waals surface area contributed by atoms with Crippen LogP contribution in [0, 0.1) is 24.1 Å². The van der Waals surface area contributed by atoms with Gasteiger partial charge in [-0.3, -0.25) is 9.78 Å². The van der Waals surface area contributed by atoms with E-state index < -0.39 is 46.1 Å². The van der Waals surface area contributed by atoms with Crippen LogP contribution < -0.4 is 0 Å². The van der Waals surface area contributed by atoms with Gasteiger partial charge in [-0.25, -0.2) is 4.39 Å². The molecule has 0 amide bonds. The number of aryl methyl sites for hydroxylation is 1. The number of aliphatic carboxylic acids is 1. The Kier molecular flexibility index (Phi) is 8.50. The summed E-state index contributed by atoms with van der Waals surface area (Å²) >= 11 is 0. The molecule has 0 spiro atoms. The van der Waals surface area contributed by atoms with Gasteiger partial charge in [-0.05, 0) is 117 Å². The average molecular weight is 610 g/mol. The van der Waals surface area contributed by atoms with E-state index in [1.807, 2.05) is 0 Å². The number of aromatic nitrogens is 1. The molecule has 232 valence electrons. The van der Waals surface area contributed by atoms with Crippen LogP contribution in [0.4, 0.5) is 30.7 Å². The molecule has 10 heteroatoms. The Morgan fingerprint density at radius 3 is 1.81 bits per heavy atom. The van der Waals surface area contributed by atoms with Gasteiger partial charge in [0.1, 0.15) is 5.82 Å². The number of benzene rings is 2. The molecule has 2 aromatic carbocycles. The monoisotopic (exact) mass is 609 g/mol. The summed E-state index contributed by atoms with van der Waals surface area (Å²) < 4.78 is 96.4. The van der Waals surface area contributed by atoms with Crippen molar-refractivity contribution in [3.63, 3.8) is 0 Å². The quantitative estimate of drug-likeness (QED) is 0.283. The van der Waals surface area contributed by atoms with Crippen LogP contribution in [0.2, 0.25) is 0 Å². The molecule has 0 aliphatic heterocycles. The number of hydrogen-bond donors (Lipinski definition) is 1. The molecule has 4 rings (SSSR count). The molecule has 0 bridgehead atoms. The smallest absolute Gasteiger partial charge is 0.416 e. The van der Waals surface area contributed by atoms with Crippen LogP contribution in [0.1, 0.15) is 92.8 Å². The minimum Gasteiger partial charge on any atom is -0.481 e. The Bertz CT molecular complexity index is 1480. The number of hydrogen-bond acceptors (Lipinski definition) is 2. The maximum Gasteiger partial charge on any atom is 0.416 e. The molecule has 1 aromatic heterocycles. The zero-order chi connectivity index (χ0) is 32.1. The summed E-state index contributed by atoms with van der Waals surface area (Å²) in [4.78, 5) is 16.4. The molecule has 1 aliphatic rings. The fourth-order valence-corrected chi connectivity index (χ4v) is 6.10. The van der Waals surface area contributed by atoms with Crippen LogP contribution in [0.3, 0.4) is 0 Å². The van der Waals surface area contributed by atoms with Gasteiger partial charge >= 0.3 is 18.3 Å². The Balaban J connectivity index is 1.84. The second-order valence-electron chi connectivity index (χ2n) is 12.6. The van der Waals surface area contributed by atoms with Crippen LogP contribution >= 0.6 is 0 Å². The maximum atomic E-state index is 14.1. The number of pyridine rings is 1. The molecule has 0 saturated heterocycles. The fourth-order valence-electron chi connectivity index (χ4n) is 6.10. The van der Waals surface area contributed by atoms with Gasteiger partial charge in [-0.15, -0.1) is 0 Å². The van der Waals surface area contributed by atoms with Crippen molar-refractivity contribution in [2.75, 3.05) is 0 Å². The Morgan fingerprint density at radius 2 is 1.33 bits per heavy atom. The van der Waals surface area contributed by atoms with Crippen LogP contribution in [0.25, 0.3) is 11.1 Å². The summed E-state index contributed by atoms with van der Waals surface area (Å²) in [5.74, 6) is -1.40. The van der Waals surface area contributed by atoms with E-state index in [1.165, 1.54) is 18.3 Å². The summed E-state index contributed by atoms with van der Waals surface area (Å²) in [5.41, 5.74) is -2.53. The lowest BCUT2D eigenvalue weighted by Gasteiger charge is -2.36. The minimum absolute atomic E-state index is 0.0251. The molecule has 0 radical (unpaired) electrons. The zero-order valence-corrected chi connectivity index (χ0v) is 24.6. The summed E-state index contributed by atoms with van der Waals surface area (Å²) in [5, 5.41) is 9.64. The number of rotatable bonds is 6. The van der Waals surface area contributed by atoms with Gasteiger partial charge in [0.15, 0.2) is 0 Å². The summed E-state index contributed by atoms with van der Waals surface area (Å²) in [6, 6.07) is 7.48. The van der Waals surface area contributed by atoms with E-state index in [0.29, 0.717) is 53.6 Å². The molecular formula is C33H34F7NO2. The molecule has 1 N–H and O–H groups in total. The predicted molar refractivity (Wildman–Crippen MR) is 149 cm³/mol. The number of nitrogens with zero attached hydrogens (tertiary/aromatic N) is 1. The molecule has 1 fully saturated rings. The second kappa shape index (κ2) is 11.2. The predicted octanol–water partition coefficient (Wildman–Crippen LogP) is 9.94. The molecule has 1 aliphatic carbocycles. The summed E-state index contributed by atoms with van der Waals surface area (Å²) in [6.07, 6.45) is -5.85.